The van der Waals surface area contributed by atoms with Crippen LogP contribution in [0.4, 0.5) is 5.69 Å². The van der Waals surface area contributed by atoms with Gasteiger partial charge < -0.3 is 5.32 Å². The van der Waals surface area contributed by atoms with Crippen LogP contribution in [0.2, 0.25) is 0 Å². The van der Waals surface area contributed by atoms with Crippen molar-refractivity contribution in [3.05, 3.63) is 42.2 Å². The van der Waals surface area contributed by atoms with Gasteiger partial charge in [0.25, 0.3) is 0 Å². The predicted octanol–water partition coefficient (Wildman–Crippen LogP) is 2.59. The first kappa shape index (κ1) is 12.6. The van der Waals surface area contributed by atoms with Crippen molar-refractivity contribution in [1.82, 2.24) is 20.2 Å². The average Bonchev–Trinajstić information content (AvgIpc) is 3.23. The molecule has 0 amide bonds. The van der Waals surface area contributed by atoms with Crippen LogP contribution in [-0.2, 0) is 0 Å². The summed E-state index contributed by atoms with van der Waals surface area (Å²) in [5.41, 5.74) is 3.33. The van der Waals surface area contributed by atoms with Crippen molar-refractivity contribution in [2.24, 2.45) is 17.8 Å². The molecule has 0 aliphatic heterocycles. The second kappa shape index (κ2) is 4.98. The van der Waals surface area contributed by atoms with E-state index in [1.54, 1.807) is 11.0 Å². The molecule has 1 heterocycles. The molecular formula is C16H19N5. The summed E-state index contributed by atoms with van der Waals surface area (Å²) in [6.45, 7) is 3.12. The van der Waals surface area contributed by atoms with E-state index in [9.17, 15) is 0 Å². The summed E-state index contributed by atoms with van der Waals surface area (Å²) in [6.07, 6.45) is 9.12. The maximum Gasteiger partial charge on any atom is 0.143 e. The van der Waals surface area contributed by atoms with Crippen molar-refractivity contribution < 1.29 is 0 Å². The Morgan fingerprint density at radius 1 is 1.29 bits per heavy atom. The van der Waals surface area contributed by atoms with E-state index in [1.165, 1.54) is 12.8 Å². The minimum Gasteiger partial charge on any atom is -0.385 e. The first-order valence-corrected chi connectivity index (χ1v) is 7.56. The Hall–Kier alpha value is -2.17. The van der Waals surface area contributed by atoms with Gasteiger partial charge >= 0.3 is 0 Å². The molecule has 108 valence electrons. The molecule has 0 spiro atoms. The number of nitrogens with one attached hydrogen (secondary N) is 1. The van der Waals surface area contributed by atoms with Crippen molar-refractivity contribution in [3.8, 4) is 5.69 Å². The van der Waals surface area contributed by atoms with Gasteiger partial charge in [-0.2, -0.15) is 0 Å². The smallest absolute Gasteiger partial charge is 0.143 e. The molecule has 1 N–H and O–H groups in total. The summed E-state index contributed by atoms with van der Waals surface area (Å²) in [5, 5.41) is 15.0. The summed E-state index contributed by atoms with van der Waals surface area (Å²) < 4.78 is 1.71. The first-order valence-electron chi connectivity index (χ1n) is 7.56. The number of allylic oxidation sites excluding steroid dienone is 2. The molecule has 1 aromatic carbocycles. The first-order chi connectivity index (χ1) is 10.3. The number of benzene rings is 1. The molecule has 1 aromatic heterocycles. The second-order valence-corrected chi connectivity index (χ2v) is 6.18. The quantitative estimate of drug-likeness (QED) is 0.875. The number of nitrogens with zero attached hydrogens (tertiary/aromatic N) is 4. The molecule has 2 aromatic rings. The van der Waals surface area contributed by atoms with Crippen molar-refractivity contribution >= 4 is 5.69 Å². The molecule has 2 aliphatic rings. The highest BCUT2D eigenvalue weighted by Gasteiger charge is 2.35. The maximum absolute atomic E-state index is 3.98. The minimum absolute atomic E-state index is 0.776. The molecule has 0 saturated heterocycles. The van der Waals surface area contributed by atoms with Crippen LogP contribution in [0.25, 0.3) is 5.69 Å². The highest BCUT2D eigenvalue weighted by molar-refractivity contribution is 5.54. The van der Waals surface area contributed by atoms with E-state index in [4.69, 9.17) is 0 Å². The Bertz CT molecular complexity index is 661. The number of tetrazole rings is 1. The molecular weight excluding hydrogens is 262 g/mol. The molecule has 3 atom stereocenters. The Labute approximate surface area is 124 Å². The van der Waals surface area contributed by atoms with Crippen molar-refractivity contribution in [1.29, 1.82) is 0 Å². The third kappa shape index (κ3) is 2.33. The lowest BCUT2D eigenvalue weighted by atomic mass is 9.93. The van der Waals surface area contributed by atoms with Gasteiger partial charge in [0.1, 0.15) is 6.33 Å². The Kier molecular flexibility index (Phi) is 2.98. The van der Waals surface area contributed by atoms with E-state index in [-0.39, 0.29) is 0 Å². The van der Waals surface area contributed by atoms with Gasteiger partial charge in [0.15, 0.2) is 0 Å². The zero-order valence-corrected chi connectivity index (χ0v) is 12.1. The lowest BCUT2D eigenvalue weighted by Gasteiger charge is -2.19. The van der Waals surface area contributed by atoms with Crippen LogP contribution in [0.1, 0.15) is 18.4 Å². The fourth-order valence-electron chi connectivity index (χ4n) is 3.62. The van der Waals surface area contributed by atoms with Crippen LogP contribution in [0, 0.1) is 24.7 Å². The van der Waals surface area contributed by atoms with Gasteiger partial charge in [0, 0.05) is 12.2 Å². The van der Waals surface area contributed by atoms with E-state index in [0.29, 0.717) is 0 Å². The normalized spacial score (nSPS) is 26.4. The van der Waals surface area contributed by atoms with E-state index >= 15 is 0 Å². The van der Waals surface area contributed by atoms with Crippen molar-refractivity contribution in [3.63, 3.8) is 0 Å². The number of rotatable bonds is 4. The fourth-order valence-corrected chi connectivity index (χ4v) is 3.62. The van der Waals surface area contributed by atoms with E-state index in [1.807, 2.05) is 0 Å². The summed E-state index contributed by atoms with van der Waals surface area (Å²) in [6, 6.07) is 6.36. The number of hydrogen-bond donors (Lipinski definition) is 1. The highest BCUT2D eigenvalue weighted by atomic mass is 15.5. The summed E-state index contributed by atoms with van der Waals surface area (Å²) in [7, 11) is 0. The maximum atomic E-state index is 3.98. The number of aromatic nitrogens is 4. The van der Waals surface area contributed by atoms with Crippen LogP contribution in [0.15, 0.2) is 36.7 Å². The van der Waals surface area contributed by atoms with Crippen LogP contribution in [-0.4, -0.2) is 26.8 Å². The molecule has 1 fully saturated rings. The molecule has 5 nitrogen and oxygen atoms in total. The molecule has 2 aliphatic carbocycles. The number of fused-ring (bicyclic) bond motifs is 2. The summed E-state index contributed by atoms with van der Waals surface area (Å²) >= 11 is 0. The zero-order valence-electron chi connectivity index (χ0n) is 12.1. The van der Waals surface area contributed by atoms with Gasteiger partial charge in [-0.1, -0.05) is 18.2 Å². The zero-order chi connectivity index (χ0) is 14.2. The fraction of sp³-hybridized carbons (Fsp3) is 0.438. The van der Waals surface area contributed by atoms with Gasteiger partial charge in [-0.05, 0) is 65.6 Å². The lowest BCUT2D eigenvalue weighted by Crippen LogP contribution is -2.18. The molecule has 21 heavy (non-hydrogen) atoms. The van der Waals surface area contributed by atoms with Gasteiger partial charge in [-0.25, -0.2) is 4.68 Å². The van der Waals surface area contributed by atoms with Crippen LogP contribution < -0.4 is 5.32 Å². The molecule has 4 rings (SSSR count). The van der Waals surface area contributed by atoms with Gasteiger partial charge in [-0.15, -0.1) is 5.10 Å². The molecule has 5 heteroatoms. The van der Waals surface area contributed by atoms with E-state index in [0.717, 1.165) is 41.2 Å². The molecule has 0 radical (unpaired) electrons. The minimum atomic E-state index is 0.776. The SMILES string of the molecule is Cc1ccc(NCC2CC3C=CC2C3)cc1-n1cnnn1. The van der Waals surface area contributed by atoms with Crippen LogP contribution in [0.3, 0.4) is 0 Å². The monoisotopic (exact) mass is 281 g/mol. The highest BCUT2D eigenvalue weighted by Crippen LogP contribution is 2.43. The third-order valence-electron chi connectivity index (χ3n) is 4.79. The third-order valence-corrected chi connectivity index (χ3v) is 4.79. The van der Waals surface area contributed by atoms with Gasteiger partial charge in [-0.3, -0.25) is 0 Å². The lowest BCUT2D eigenvalue weighted by molar-refractivity contribution is 0.472. The second-order valence-electron chi connectivity index (χ2n) is 6.18. The number of hydrogen-bond acceptors (Lipinski definition) is 4. The standard InChI is InChI=1S/C16H19N5/c1-11-2-5-15(8-16(11)21-10-18-19-20-21)17-9-14-7-12-3-4-13(14)6-12/h2-5,8,10,12-14,17H,6-7,9H2,1H3. The molecule has 2 bridgehead atoms. The predicted molar refractivity (Wildman–Crippen MR) is 81.2 cm³/mol. The Balaban J connectivity index is 1.48. The number of anilines is 1. The topological polar surface area (TPSA) is 55.6 Å². The average molecular weight is 281 g/mol. The molecule has 3 unspecified atom stereocenters. The summed E-state index contributed by atoms with van der Waals surface area (Å²) in [4.78, 5) is 0. The Morgan fingerprint density at radius 2 is 2.24 bits per heavy atom. The van der Waals surface area contributed by atoms with Gasteiger partial charge in [0.2, 0.25) is 0 Å². The van der Waals surface area contributed by atoms with Gasteiger partial charge in [0.05, 0.1) is 5.69 Å². The van der Waals surface area contributed by atoms with Crippen LogP contribution in [0.5, 0.6) is 0 Å². The van der Waals surface area contributed by atoms with Crippen molar-refractivity contribution in [2.45, 2.75) is 19.8 Å². The molecule has 1 saturated carbocycles. The van der Waals surface area contributed by atoms with E-state index < -0.39 is 0 Å². The summed E-state index contributed by atoms with van der Waals surface area (Å²) in [5.74, 6) is 2.39. The largest absolute Gasteiger partial charge is 0.385 e. The number of aryl methyl sites for hydroxylation is 1. The Morgan fingerprint density at radius 3 is 2.95 bits per heavy atom. The van der Waals surface area contributed by atoms with E-state index in [2.05, 4.69) is 58.1 Å². The van der Waals surface area contributed by atoms with Crippen molar-refractivity contribution in [2.75, 3.05) is 11.9 Å². The van der Waals surface area contributed by atoms with Crippen LogP contribution >= 0.6 is 0 Å².